The first kappa shape index (κ1) is 14.1. The van der Waals surface area contributed by atoms with Gasteiger partial charge in [0.15, 0.2) is 11.6 Å². The van der Waals surface area contributed by atoms with Crippen molar-refractivity contribution in [2.45, 2.75) is 26.2 Å². The monoisotopic (exact) mass is 243 g/mol. The second-order valence-electron chi connectivity index (χ2n) is 4.54. The lowest BCUT2D eigenvalue weighted by Gasteiger charge is -2.30. The average Bonchev–Trinajstić information content (AvgIpc) is 2.33. The van der Waals surface area contributed by atoms with E-state index in [1.54, 1.807) is 0 Å². The number of aliphatic hydroxyl groups excluding tert-OH is 1. The first-order chi connectivity index (χ1) is 8.06. The fourth-order valence-corrected chi connectivity index (χ4v) is 2.08. The van der Waals surface area contributed by atoms with Crippen LogP contribution in [-0.2, 0) is 6.42 Å². The molecule has 3 N–H and O–H groups in total. The number of nitrogens with two attached hydrogens (primary N) is 1. The van der Waals surface area contributed by atoms with Crippen LogP contribution in [0, 0.1) is 17.0 Å². The molecule has 0 saturated carbocycles. The Morgan fingerprint density at radius 1 is 1.29 bits per heavy atom. The molecular formula is C13H19F2NO. The first-order valence-corrected chi connectivity index (χ1v) is 5.82. The summed E-state index contributed by atoms with van der Waals surface area (Å²) in [5.41, 5.74) is 5.92. The van der Waals surface area contributed by atoms with E-state index >= 15 is 0 Å². The minimum absolute atomic E-state index is 0.0453. The van der Waals surface area contributed by atoms with Gasteiger partial charge in [-0.15, -0.1) is 0 Å². The second-order valence-corrected chi connectivity index (χ2v) is 4.54. The molecule has 2 nitrogen and oxygen atoms in total. The van der Waals surface area contributed by atoms with Crippen LogP contribution >= 0.6 is 0 Å². The molecule has 96 valence electrons. The Balaban J connectivity index is 2.89. The molecule has 0 aliphatic rings. The van der Waals surface area contributed by atoms with E-state index in [1.165, 1.54) is 12.1 Å². The predicted molar refractivity (Wildman–Crippen MR) is 63.5 cm³/mol. The summed E-state index contributed by atoms with van der Waals surface area (Å²) >= 11 is 0. The minimum Gasteiger partial charge on any atom is -0.396 e. The van der Waals surface area contributed by atoms with Crippen LogP contribution in [0.5, 0.6) is 0 Å². The molecular weight excluding hydrogens is 224 g/mol. The van der Waals surface area contributed by atoms with Gasteiger partial charge in [-0.25, -0.2) is 8.78 Å². The molecule has 1 atom stereocenters. The number of hydrogen-bond donors (Lipinski definition) is 2. The highest BCUT2D eigenvalue weighted by Crippen LogP contribution is 2.27. The van der Waals surface area contributed by atoms with Crippen molar-refractivity contribution < 1.29 is 13.9 Å². The molecule has 0 bridgehead atoms. The maximum atomic E-state index is 13.1. The van der Waals surface area contributed by atoms with Crippen LogP contribution in [0.4, 0.5) is 8.78 Å². The van der Waals surface area contributed by atoms with Gasteiger partial charge >= 0.3 is 0 Å². The van der Waals surface area contributed by atoms with Gasteiger partial charge in [-0.2, -0.15) is 0 Å². The van der Waals surface area contributed by atoms with Crippen molar-refractivity contribution in [3.63, 3.8) is 0 Å². The molecule has 0 aliphatic heterocycles. The molecule has 0 heterocycles. The smallest absolute Gasteiger partial charge is 0.159 e. The summed E-state index contributed by atoms with van der Waals surface area (Å²) in [7, 11) is 0. The zero-order valence-electron chi connectivity index (χ0n) is 10.0. The van der Waals surface area contributed by atoms with E-state index in [4.69, 9.17) is 5.73 Å². The first-order valence-electron chi connectivity index (χ1n) is 5.82. The summed E-state index contributed by atoms with van der Waals surface area (Å²) in [4.78, 5) is 0. The van der Waals surface area contributed by atoms with E-state index in [0.29, 0.717) is 18.5 Å². The fourth-order valence-electron chi connectivity index (χ4n) is 2.08. The van der Waals surface area contributed by atoms with Gasteiger partial charge in [0.2, 0.25) is 0 Å². The van der Waals surface area contributed by atoms with Crippen molar-refractivity contribution in [2.75, 3.05) is 13.2 Å². The molecule has 4 heteroatoms. The highest BCUT2D eigenvalue weighted by atomic mass is 19.2. The zero-order chi connectivity index (χ0) is 12.9. The van der Waals surface area contributed by atoms with Gasteiger partial charge in [0.05, 0.1) is 6.61 Å². The number of hydrogen-bond acceptors (Lipinski definition) is 2. The summed E-state index contributed by atoms with van der Waals surface area (Å²) in [5.74, 6) is -1.71. The Hall–Kier alpha value is -1.00. The molecule has 0 fully saturated rings. The summed E-state index contributed by atoms with van der Waals surface area (Å²) in [5, 5.41) is 9.45. The van der Waals surface area contributed by atoms with E-state index in [0.717, 1.165) is 18.9 Å². The summed E-state index contributed by atoms with van der Waals surface area (Å²) in [6.45, 7) is 2.29. The van der Waals surface area contributed by atoms with Crippen LogP contribution in [0.25, 0.3) is 0 Å². The Morgan fingerprint density at radius 3 is 2.47 bits per heavy atom. The minimum atomic E-state index is -0.858. The van der Waals surface area contributed by atoms with Crippen LogP contribution in [-0.4, -0.2) is 18.3 Å². The summed E-state index contributed by atoms with van der Waals surface area (Å²) in [6, 6.07) is 3.81. The molecule has 17 heavy (non-hydrogen) atoms. The number of aliphatic hydroxyl groups is 1. The lowest BCUT2D eigenvalue weighted by Crippen LogP contribution is -2.36. The highest BCUT2D eigenvalue weighted by molar-refractivity contribution is 5.19. The van der Waals surface area contributed by atoms with Gasteiger partial charge in [0.1, 0.15) is 0 Å². The predicted octanol–water partition coefficient (Wildman–Crippen LogP) is 2.24. The van der Waals surface area contributed by atoms with E-state index in [-0.39, 0.29) is 6.61 Å². The fraction of sp³-hybridized carbons (Fsp3) is 0.538. The van der Waals surface area contributed by atoms with Gasteiger partial charge in [-0.3, -0.25) is 0 Å². The molecule has 1 aromatic rings. The second kappa shape index (κ2) is 6.07. The molecule has 1 aromatic carbocycles. The SMILES string of the molecule is CCCC(CN)(CO)Cc1ccc(F)c(F)c1. The van der Waals surface area contributed by atoms with Gasteiger partial charge in [-0.1, -0.05) is 19.4 Å². The number of benzene rings is 1. The van der Waals surface area contributed by atoms with Gasteiger partial charge in [0.25, 0.3) is 0 Å². The molecule has 0 aromatic heterocycles. The Bertz CT molecular complexity index is 364. The zero-order valence-corrected chi connectivity index (χ0v) is 10.0. The molecule has 1 rings (SSSR count). The third-order valence-corrected chi connectivity index (χ3v) is 3.11. The van der Waals surface area contributed by atoms with Gasteiger partial charge in [0, 0.05) is 12.0 Å². The van der Waals surface area contributed by atoms with Crippen LogP contribution in [0.15, 0.2) is 18.2 Å². The standard InChI is InChI=1S/C13H19F2NO/c1-2-5-13(8-16,9-17)7-10-3-4-11(14)12(15)6-10/h3-4,6,17H,2,5,7-9,16H2,1H3. The van der Waals surface area contributed by atoms with E-state index in [1.807, 2.05) is 6.92 Å². The highest BCUT2D eigenvalue weighted by Gasteiger charge is 2.27. The van der Waals surface area contributed by atoms with Gasteiger partial charge < -0.3 is 10.8 Å². The molecule has 1 unspecified atom stereocenters. The van der Waals surface area contributed by atoms with Crippen molar-refractivity contribution in [1.82, 2.24) is 0 Å². The van der Waals surface area contributed by atoms with Crippen molar-refractivity contribution in [3.05, 3.63) is 35.4 Å². The molecule has 0 saturated heterocycles. The largest absolute Gasteiger partial charge is 0.396 e. The Morgan fingerprint density at radius 2 is 2.00 bits per heavy atom. The third-order valence-electron chi connectivity index (χ3n) is 3.11. The normalized spacial score (nSPS) is 14.6. The average molecular weight is 243 g/mol. The van der Waals surface area contributed by atoms with Crippen LogP contribution in [0.3, 0.4) is 0 Å². The number of halogens is 2. The topological polar surface area (TPSA) is 46.2 Å². The van der Waals surface area contributed by atoms with Crippen LogP contribution < -0.4 is 5.73 Å². The van der Waals surface area contributed by atoms with Crippen LogP contribution in [0.1, 0.15) is 25.3 Å². The molecule has 0 amide bonds. The van der Waals surface area contributed by atoms with E-state index in [9.17, 15) is 13.9 Å². The van der Waals surface area contributed by atoms with Crippen molar-refractivity contribution in [3.8, 4) is 0 Å². The quantitative estimate of drug-likeness (QED) is 0.805. The van der Waals surface area contributed by atoms with Crippen molar-refractivity contribution >= 4 is 0 Å². The van der Waals surface area contributed by atoms with E-state index in [2.05, 4.69) is 0 Å². The summed E-state index contributed by atoms with van der Waals surface area (Å²) < 4.78 is 25.9. The van der Waals surface area contributed by atoms with Crippen molar-refractivity contribution in [2.24, 2.45) is 11.1 Å². The third kappa shape index (κ3) is 3.48. The Labute approximate surface area is 100 Å². The lowest BCUT2D eigenvalue weighted by atomic mass is 9.78. The summed E-state index contributed by atoms with van der Waals surface area (Å²) in [6.07, 6.45) is 2.12. The molecule has 0 radical (unpaired) electrons. The van der Waals surface area contributed by atoms with E-state index < -0.39 is 17.0 Å². The Kier molecular flexibility index (Phi) is 5.02. The number of rotatable bonds is 6. The van der Waals surface area contributed by atoms with Crippen LogP contribution in [0.2, 0.25) is 0 Å². The van der Waals surface area contributed by atoms with Gasteiger partial charge in [-0.05, 0) is 30.5 Å². The maximum Gasteiger partial charge on any atom is 0.159 e. The molecule has 0 spiro atoms. The van der Waals surface area contributed by atoms with Crippen molar-refractivity contribution in [1.29, 1.82) is 0 Å². The maximum absolute atomic E-state index is 13.1. The molecule has 0 aliphatic carbocycles. The lowest BCUT2D eigenvalue weighted by molar-refractivity contribution is 0.121.